The van der Waals surface area contributed by atoms with Crippen molar-refractivity contribution in [2.75, 3.05) is 18.0 Å². The van der Waals surface area contributed by atoms with Gasteiger partial charge in [-0.05, 0) is 12.8 Å². The second-order valence-electron chi connectivity index (χ2n) is 5.44. The standard InChI is InChI=1S/C14H16N4O4/c19-12-1-2-13(20)18(12)9-3-5-17(6-4-9)11-8-15-10(7-16-11)14(21)22/h7-9H,1-6H2,(H,21,22). The fourth-order valence-electron chi connectivity index (χ4n) is 2.95. The summed E-state index contributed by atoms with van der Waals surface area (Å²) in [5.74, 6) is -0.644. The Balaban J connectivity index is 1.63. The van der Waals surface area contributed by atoms with Crippen molar-refractivity contribution in [1.29, 1.82) is 0 Å². The summed E-state index contributed by atoms with van der Waals surface area (Å²) in [6.45, 7) is 1.31. The van der Waals surface area contributed by atoms with E-state index in [0.29, 0.717) is 44.6 Å². The maximum Gasteiger partial charge on any atom is 0.356 e. The van der Waals surface area contributed by atoms with Gasteiger partial charge in [0, 0.05) is 32.0 Å². The van der Waals surface area contributed by atoms with E-state index < -0.39 is 5.97 Å². The van der Waals surface area contributed by atoms with Gasteiger partial charge in [0.25, 0.3) is 0 Å². The van der Waals surface area contributed by atoms with Gasteiger partial charge < -0.3 is 10.0 Å². The van der Waals surface area contributed by atoms with Crippen LogP contribution >= 0.6 is 0 Å². The van der Waals surface area contributed by atoms with Gasteiger partial charge in [-0.1, -0.05) is 0 Å². The molecule has 2 aliphatic heterocycles. The Morgan fingerprint density at radius 3 is 2.23 bits per heavy atom. The number of carboxylic acid groups (broad SMARTS) is 1. The largest absolute Gasteiger partial charge is 0.476 e. The molecule has 0 bridgehead atoms. The first-order valence-electron chi connectivity index (χ1n) is 7.21. The fraction of sp³-hybridized carbons (Fsp3) is 0.500. The molecule has 8 heteroatoms. The van der Waals surface area contributed by atoms with Crippen LogP contribution in [0.4, 0.5) is 5.82 Å². The van der Waals surface area contributed by atoms with Gasteiger partial charge in [-0.2, -0.15) is 0 Å². The Kier molecular flexibility index (Phi) is 3.74. The number of rotatable bonds is 3. The van der Waals surface area contributed by atoms with Crippen LogP contribution in [-0.4, -0.2) is 56.9 Å². The number of hydrogen-bond donors (Lipinski definition) is 1. The van der Waals surface area contributed by atoms with Crippen molar-refractivity contribution >= 4 is 23.6 Å². The van der Waals surface area contributed by atoms with Gasteiger partial charge in [-0.3, -0.25) is 14.5 Å². The lowest BCUT2D eigenvalue weighted by atomic mass is 10.0. The number of carbonyl (C=O) groups excluding carboxylic acids is 2. The summed E-state index contributed by atoms with van der Waals surface area (Å²) in [7, 11) is 0. The summed E-state index contributed by atoms with van der Waals surface area (Å²) in [5.41, 5.74) is -0.0908. The van der Waals surface area contributed by atoms with E-state index >= 15 is 0 Å². The number of imide groups is 1. The maximum absolute atomic E-state index is 11.8. The fourth-order valence-corrected chi connectivity index (χ4v) is 2.95. The average Bonchev–Trinajstić information content (AvgIpc) is 2.86. The van der Waals surface area contributed by atoms with Crippen LogP contribution < -0.4 is 4.90 Å². The number of likely N-dealkylation sites (tertiary alicyclic amines) is 1. The van der Waals surface area contributed by atoms with Crippen molar-refractivity contribution in [3.63, 3.8) is 0 Å². The summed E-state index contributed by atoms with van der Waals surface area (Å²) < 4.78 is 0. The number of carbonyl (C=O) groups is 3. The van der Waals surface area contributed by atoms with Crippen LogP contribution in [0.1, 0.15) is 36.2 Å². The summed E-state index contributed by atoms with van der Waals surface area (Å²) in [6, 6.07) is -0.0370. The molecule has 1 aromatic heterocycles. The molecule has 0 saturated carbocycles. The monoisotopic (exact) mass is 304 g/mol. The van der Waals surface area contributed by atoms with Gasteiger partial charge in [0.2, 0.25) is 11.8 Å². The van der Waals surface area contributed by atoms with Crippen LogP contribution in [-0.2, 0) is 9.59 Å². The van der Waals surface area contributed by atoms with E-state index in [0.717, 1.165) is 0 Å². The topological polar surface area (TPSA) is 104 Å². The molecule has 3 heterocycles. The van der Waals surface area contributed by atoms with E-state index in [9.17, 15) is 14.4 Å². The molecule has 0 aromatic carbocycles. The van der Waals surface area contributed by atoms with Crippen LogP contribution in [0.2, 0.25) is 0 Å². The molecule has 0 spiro atoms. The molecular weight excluding hydrogens is 288 g/mol. The van der Waals surface area contributed by atoms with E-state index in [1.54, 1.807) is 0 Å². The van der Waals surface area contributed by atoms with Crippen LogP contribution in [0.3, 0.4) is 0 Å². The second-order valence-corrected chi connectivity index (χ2v) is 5.44. The van der Waals surface area contributed by atoms with E-state index in [1.807, 2.05) is 4.90 Å². The van der Waals surface area contributed by atoms with Crippen molar-refractivity contribution in [3.8, 4) is 0 Å². The molecule has 116 valence electrons. The Labute approximate surface area is 126 Å². The van der Waals surface area contributed by atoms with Gasteiger partial charge >= 0.3 is 5.97 Å². The third-order valence-corrected chi connectivity index (χ3v) is 4.10. The number of piperidine rings is 1. The zero-order valence-electron chi connectivity index (χ0n) is 11.9. The number of anilines is 1. The predicted molar refractivity (Wildman–Crippen MR) is 75.3 cm³/mol. The first kappa shape index (κ1) is 14.4. The van der Waals surface area contributed by atoms with Crippen LogP contribution in [0, 0.1) is 0 Å². The molecule has 2 fully saturated rings. The van der Waals surface area contributed by atoms with Crippen molar-refractivity contribution in [2.24, 2.45) is 0 Å². The van der Waals surface area contributed by atoms with Crippen LogP contribution in [0.25, 0.3) is 0 Å². The molecule has 1 N–H and O–H groups in total. The molecule has 0 unspecified atom stereocenters. The number of nitrogens with zero attached hydrogens (tertiary/aromatic N) is 4. The third kappa shape index (κ3) is 2.63. The third-order valence-electron chi connectivity index (χ3n) is 4.10. The number of aromatic carboxylic acids is 1. The molecule has 2 aliphatic rings. The van der Waals surface area contributed by atoms with E-state index in [-0.39, 0.29) is 23.6 Å². The zero-order chi connectivity index (χ0) is 15.7. The summed E-state index contributed by atoms with van der Waals surface area (Å²) in [5, 5.41) is 8.81. The highest BCUT2D eigenvalue weighted by molar-refractivity contribution is 6.02. The molecule has 0 radical (unpaired) electrons. The highest BCUT2D eigenvalue weighted by atomic mass is 16.4. The minimum absolute atomic E-state index is 0.0370. The van der Waals surface area contributed by atoms with Crippen molar-refractivity contribution in [3.05, 3.63) is 18.1 Å². The van der Waals surface area contributed by atoms with Crippen molar-refractivity contribution in [2.45, 2.75) is 31.7 Å². The molecule has 2 saturated heterocycles. The van der Waals surface area contributed by atoms with Crippen molar-refractivity contribution < 1.29 is 19.5 Å². The normalized spacial score (nSPS) is 19.8. The number of amides is 2. The highest BCUT2D eigenvalue weighted by Gasteiger charge is 2.36. The van der Waals surface area contributed by atoms with Gasteiger partial charge in [0.15, 0.2) is 5.69 Å². The highest BCUT2D eigenvalue weighted by Crippen LogP contribution is 2.25. The Morgan fingerprint density at radius 1 is 1.09 bits per heavy atom. The smallest absolute Gasteiger partial charge is 0.356 e. The first-order chi connectivity index (χ1) is 10.6. The Hall–Kier alpha value is -2.51. The van der Waals surface area contributed by atoms with Gasteiger partial charge in [-0.25, -0.2) is 14.8 Å². The maximum atomic E-state index is 11.8. The summed E-state index contributed by atoms with van der Waals surface area (Å²) in [6.07, 6.45) is 4.70. The molecule has 8 nitrogen and oxygen atoms in total. The average molecular weight is 304 g/mol. The van der Waals surface area contributed by atoms with Crippen LogP contribution in [0.5, 0.6) is 0 Å². The molecule has 3 rings (SSSR count). The lowest BCUT2D eigenvalue weighted by molar-refractivity contribution is -0.141. The molecular formula is C14H16N4O4. The van der Waals surface area contributed by atoms with Gasteiger partial charge in [0.05, 0.1) is 12.4 Å². The SMILES string of the molecule is O=C(O)c1cnc(N2CCC(N3C(=O)CCC3=O)CC2)cn1. The van der Waals surface area contributed by atoms with Gasteiger partial charge in [-0.15, -0.1) is 0 Å². The molecule has 22 heavy (non-hydrogen) atoms. The van der Waals surface area contributed by atoms with E-state index in [4.69, 9.17) is 5.11 Å². The van der Waals surface area contributed by atoms with E-state index in [1.165, 1.54) is 17.3 Å². The molecule has 0 aliphatic carbocycles. The van der Waals surface area contributed by atoms with Crippen LogP contribution in [0.15, 0.2) is 12.4 Å². The lowest BCUT2D eigenvalue weighted by Gasteiger charge is -2.36. The van der Waals surface area contributed by atoms with E-state index in [2.05, 4.69) is 9.97 Å². The second kappa shape index (κ2) is 5.70. The molecule has 0 atom stereocenters. The molecule has 2 amide bonds. The molecule has 1 aromatic rings. The first-order valence-corrected chi connectivity index (χ1v) is 7.21. The minimum atomic E-state index is -1.11. The number of hydrogen-bond acceptors (Lipinski definition) is 6. The Morgan fingerprint density at radius 2 is 1.73 bits per heavy atom. The van der Waals surface area contributed by atoms with Gasteiger partial charge in [0.1, 0.15) is 5.82 Å². The van der Waals surface area contributed by atoms with Crippen molar-refractivity contribution in [1.82, 2.24) is 14.9 Å². The predicted octanol–water partition coefficient (Wildman–Crippen LogP) is 0.293. The zero-order valence-corrected chi connectivity index (χ0v) is 11.9. The summed E-state index contributed by atoms with van der Waals surface area (Å²) in [4.78, 5) is 45.6. The number of aromatic nitrogens is 2. The number of carboxylic acids is 1. The lowest BCUT2D eigenvalue weighted by Crippen LogP contribution is -2.47. The Bertz CT molecular complexity index is 592. The quantitative estimate of drug-likeness (QED) is 0.800. The summed E-state index contributed by atoms with van der Waals surface area (Å²) >= 11 is 0. The minimum Gasteiger partial charge on any atom is -0.476 e.